The van der Waals surface area contributed by atoms with E-state index >= 15 is 0 Å². The number of Topliss-reactive ketones (excluding diaryl/α,β-unsaturated/α-hetero) is 2. The summed E-state index contributed by atoms with van der Waals surface area (Å²) in [6.07, 6.45) is 6.10. The number of nitrogen functional groups attached to an aromatic ring is 1. The molecule has 8 nitrogen and oxygen atoms in total. The summed E-state index contributed by atoms with van der Waals surface area (Å²) >= 11 is 0. The standard InChI is InChI=1S/C26H23N5O3/c27-26-29-24-22(25(34)30-26)28-15-31(24)19-12-11-18(13-21(32)16-7-3-1-4-8-16)20(14-19)23(33)17-9-5-2-6-10-17/h1-12,15,18-20H,13-14H2,(H3,27,29,30,34)/t18-,19+,20-/m1/s1. The van der Waals surface area contributed by atoms with Crippen LogP contribution in [0.4, 0.5) is 5.95 Å². The Morgan fingerprint density at radius 3 is 2.38 bits per heavy atom. The summed E-state index contributed by atoms with van der Waals surface area (Å²) in [5.41, 5.74) is 7.12. The van der Waals surface area contributed by atoms with Gasteiger partial charge in [-0.2, -0.15) is 4.98 Å². The van der Waals surface area contributed by atoms with Gasteiger partial charge in [-0.25, -0.2) is 4.98 Å². The van der Waals surface area contributed by atoms with Crippen LogP contribution in [0.25, 0.3) is 11.2 Å². The van der Waals surface area contributed by atoms with Gasteiger partial charge in [-0.15, -0.1) is 0 Å². The Morgan fingerprint density at radius 2 is 1.68 bits per heavy atom. The molecule has 1 aliphatic carbocycles. The first-order valence-corrected chi connectivity index (χ1v) is 11.1. The van der Waals surface area contributed by atoms with Crippen molar-refractivity contribution in [3.8, 4) is 0 Å². The van der Waals surface area contributed by atoms with E-state index in [2.05, 4.69) is 15.0 Å². The van der Waals surface area contributed by atoms with Crippen LogP contribution in [0.2, 0.25) is 0 Å². The zero-order valence-electron chi connectivity index (χ0n) is 18.3. The Bertz CT molecular complexity index is 1440. The summed E-state index contributed by atoms with van der Waals surface area (Å²) in [5.74, 6) is -0.707. The van der Waals surface area contributed by atoms with Crippen LogP contribution in [-0.4, -0.2) is 31.1 Å². The summed E-state index contributed by atoms with van der Waals surface area (Å²) in [4.78, 5) is 49.6. The van der Waals surface area contributed by atoms with Gasteiger partial charge in [0, 0.05) is 23.5 Å². The molecule has 3 N–H and O–H groups in total. The molecule has 0 unspecified atom stereocenters. The molecule has 3 atom stereocenters. The molecule has 34 heavy (non-hydrogen) atoms. The number of carbonyl (C=O) groups excluding carboxylic acids is 2. The number of aromatic nitrogens is 4. The molecule has 1 aliphatic rings. The molecule has 2 aromatic heterocycles. The minimum absolute atomic E-state index is 0.00212. The minimum Gasteiger partial charge on any atom is -0.369 e. The monoisotopic (exact) mass is 453 g/mol. The van der Waals surface area contributed by atoms with Gasteiger partial charge < -0.3 is 10.3 Å². The number of benzene rings is 2. The Hall–Kier alpha value is -4.33. The fourth-order valence-corrected chi connectivity index (χ4v) is 4.59. The second kappa shape index (κ2) is 8.90. The SMILES string of the molecule is Nc1nc2c(ncn2[C@H]2C=C[C@H](CC(=O)c3ccccc3)[C@H](C(=O)c3ccccc3)C2)c(=O)[nH]1. The number of nitrogens with zero attached hydrogens (tertiary/aromatic N) is 3. The Balaban J connectivity index is 1.50. The highest BCUT2D eigenvalue weighted by Crippen LogP contribution is 2.37. The third-order valence-corrected chi connectivity index (χ3v) is 6.31. The number of imidazole rings is 1. The Morgan fingerprint density at radius 1 is 1.00 bits per heavy atom. The lowest BCUT2D eigenvalue weighted by atomic mass is 9.75. The van der Waals surface area contributed by atoms with Gasteiger partial charge >= 0.3 is 0 Å². The smallest absolute Gasteiger partial charge is 0.280 e. The highest BCUT2D eigenvalue weighted by Gasteiger charge is 2.35. The average molecular weight is 454 g/mol. The van der Waals surface area contributed by atoms with E-state index in [4.69, 9.17) is 5.73 Å². The van der Waals surface area contributed by atoms with Gasteiger partial charge in [-0.05, 0) is 12.3 Å². The van der Waals surface area contributed by atoms with Crippen molar-refractivity contribution in [3.05, 3.63) is 101 Å². The quantitative estimate of drug-likeness (QED) is 0.340. The third kappa shape index (κ3) is 4.05. The summed E-state index contributed by atoms with van der Waals surface area (Å²) in [5, 5.41) is 0. The molecule has 0 saturated carbocycles. The Kier molecular flexibility index (Phi) is 5.63. The van der Waals surface area contributed by atoms with E-state index in [1.165, 1.54) is 0 Å². The lowest BCUT2D eigenvalue weighted by molar-refractivity contribution is 0.0836. The minimum atomic E-state index is -0.429. The molecular formula is C26H23N5O3. The molecule has 0 spiro atoms. The topological polar surface area (TPSA) is 124 Å². The lowest BCUT2D eigenvalue weighted by Gasteiger charge is -2.31. The summed E-state index contributed by atoms with van der Waals surface area (Å²) in [6.45, 7) is 0. The van der Waals surface area contributed by atoms with Crippen molar-refractivity contribution in [2.75, 3.05) is 5.73 Å². The van der Waals surface area contributed by atoms with Crippen molar-refractivity contribution in [1.82, 2.24) is 19.5 Å². The van der Waals surface area contributed by atoms with Gasteiger partial charge in [0.1, 0.15) is 0 Å². The predicted octanol–water partition coefficient (Wildman–Crippen LogP) is 3.59. The fourth-order valence-electron chi connectivity index (χ4n) is 4.59. The predicted molar refractivity (Wildman–Crippen MR) is 128 cm³/mol. The van der Waals surface area contributed by atoms with Crippen molar-refractivity contribution >= 4 is 28.7 Å². The fraction of sp³-hybridized carbons (Fsp3) is 0.192. The Labute approximate surface area is 195 Å². The number of rotatable bonds is 6. The highest BCUT2D eigenvalue weighted by atomic mass is 16.1. The largest absolute Gasteiger partial charge is 0.369 e. The molecule has 0 saturated heterocycles. The summed E-state index contributed by atoms with van der Waals surface area (Å²) in [7, 11) is 0. The highest BCUT2D eigenvalue weighted by molar-refractivity contribution is 6.00. The van der Waals surface area contributed by atoms with E-state index in [-0.39, 0.29) is 41.4 Å². The van der Waals surface area contributed by atoms with Crippen molar-refractivity contribution in [2.24, 2.45) is 11.8 Å². The molecule has 0 radical (unpaired) electrons. The van der Waals surface area contributed by atoms with Gasteiger partial charge in [0.15, 0.2) is 22.7 Å². The van der Waals surface area contributed by atoms with Crippen LogP contribution >= 0.6 is 0 Å². The van der Waals surface area contributed by atoms with E-state index in [0.29, 0.717) is 23.2 Å². The van der Waals surface area contributed by atoms with Crippen LogP contribution < -0.4 is 11.3 Å². The maximum atomic E-state index is 13.6. The van der Waals surface area contributed by atoms with Crippen molar-refractivity contribution < 1.29 is 9.59 Å². The maximum Gasteiger partial charge on any atom is 0.280 e. The van der Waals surface area contributed by atoms with Gasteiger partial charge in [-0.3, -0.25) is 19.4 Å². The number of fused-ring (bicyclic) bond motifs is 1. The molecular weight excluding hydrogens is 430 g/mol. The van der Waals surface area contributed by atoms with Crippen LogP contribution in [0.15, 0.2) is 83.9 Å². The number of allylic oxidation sites excluding steroid dienone is 2. The van der Waals surface area contributed by atoms with Crippen LogP contribution in [0.5, 0.6) is 0 Å². The van der Waals surface area contributed by atoms with Crippen LogP contribution in [0.3, 0.4) is 0 Å². The molecule has 0 fully saturated rings. The van der Waals surface area contributed by atoms with Crippen molar-refractivity contribution in [3.63, 3.8) is 0 Å². The van der Waals surface area contributed by atoms with E-state index < -0.39 is 11.5 Å². The summed E-state index contributed by atoms with van der Waals surface area (Å²) < 4.78 is 1.76. The van der Waals surface area contributed by atoms with E-state index in [1.54, 1.807) is 35.2 Å². The van der Waals surface area contributed by atoms with Crippen LogP contribution in [0.1, 0.15) is 39.6 Å². The van der Waals surface area contributed by atoms with E-state index in [9.17, 15) is 14.4 Å². The summed E-state index contributed by atoms with van der Waals surface area (Å²) in [6, 6.07) is 17.9. The second-order valence-corrected chi connectivity index (χ2v) is 8.46. The zero-order valence-corrected chi connectivity index (χ0v) is 18.3. The van der Waals surface area contributed by atoms with Gasteiger partial charge in [0.2, 0.25) is 5.95 Å². The molecule has 2 aromatic carbocycles. The average Bonchev–Trinajstić information content (AvgIpc) is 3.29. The van der Waals surface area contributed by atoms with Crippen molar-refractivity contribution in [2.45, 2.75) is 18.9 Å². The van der Waals surface area contributed by atoms with Gasteiger partial charge in [0.05, 0.1) is 12.4 Å². The number of anilines is 1. The van der Waals surface area contributed by atoms with Crippen molar-refractivity contribution in [1.29, 1.82) is 0 Å². The number of hydrogen-bond acceptors (Lipinski definition) is 6. The van der Waals surface area contributed by atoms with Gasteiger partial charge in [-0.1, -0.05) is 72.8 Å². The number of nitrogens with one attached hydrogen (secondary N) is 1. The number of aromatic amines is 1. The van der Waals surface area contributed by atoms with Crippen LogP contribution in [0, 0.1) is 11.8 Å². The molecule has 5 rings (SSSR count). The molecule has 4 aromatic rings. The van der Waals surface area contributed by atoms with Gasteiger partial charge in [0.25, 0.3) is 5.56 Å². The number of hydrogen-bond donors (Lipinski definition) is 2. The van der Waals surface area contributed by atoms with E-state index in [1.807, 2.05) is 48.6 Å². The molecule has 0 aliphatic heterocycles. The normalized spacial score (nSPS) is 19.8. The third-order valence-electron chi connectivity index (χ3n) is 6.31. The maximum absolute atomic E-state index is 13.6. The second-order valence-electron chi connectivity index (χ2n) is 8.46. The number of ketones is 2. The first-order valence-electron chi connectivity index (χ1n) is 11.1. The molecule has 170 valence electrons. The van der Waals surface area contributed by atoms with E-state index in [0.717, 1.165) is 0 Å². The lowest BCUT2D eigenvalue weighted by Crippen LogP contribution is -2.31. The molecule has 0 bridgehead atoms. The number of H-pyrrole nitrogens is 1. The molecule has 0 amide bonds. The number of carbonyl (C=O) groups is 2. The number of nitrogens with two attached hydrogens (primary N) is 1. The molecule has 2 heterocycles. The zero-order chi connectivity index (χ0) is 23.7. The van der Waals surface area contributed by atoms with Crippen LogP contribution in [-0.2, 0) is 0 Å². The first-order chi connectivity index (χ1) is 16.5. The molecule has 8 heteroatoms. The first kappa shape index (κ1) is 21.5.